The summed E-state index contributed by atoms with van der Waals surface area (Å²) in [5, 5.41) is 10.5. The molecule has 0 radical (unpaired) electrons. The predicted molar refractivity (Wildman–Crippen MR) is 74.7 cm³/mol. The van der Waals surface area contributed by atoms with E-state index in [0.717, 1.165) is 24.8 Å². The van der Waals surface area contributed by atoms with E-state index in [1.807, 2.05) is 30.3 Å². The van der Waals surface area contributed by atoms with Crippen molar-refractivity contribution in [3.8, 4) is 11.8 Å². The van der Waals surface area contributed by atoms with Gasteiger partial charge in [-0.15, -0.1) is 0 Å². The summed E-state index contributed by atoms with van der Waals surface area (Å²) in [6.07, 6.45) is 2.73. The molecule has 20 heavy (non-hydrogen) atoms. The lowest BCUT2D eigenvalue weighted by Gasteiger charge is -2.36. The second-order valence-electron chi connectivity index (χ2n) is 5.62. The number of rotatable bonds is 1. The zero-order chi connectivity index (χ0) is 14.0. The van der Waals surface area contributed by atoms with Crippen LogP contribution in [0.15, 0.2) is 30.3 Å². The molecule has 1 aliphatic heterocycles. The molecule has 3 atom stereocenters. The fourth-order valence-corrected chi connectivity index (χ4v) is 3.35. The largest absolute Gasteiger partial charge is 0.465 e. The average molecular weight is 270 g/mol. The smallest absolute Gasteiger partial charge is 0.316 e. The van der Waals surface area contributed by atoms with Crippen molar-refractivity contribution in [1.29, 1.82) is 0 Å². The van der Waals surface area contributed by atoms with Gasteiger partial charge < -0.3 is 9.84 Å². The molecule has 1 saturated heterocycles. The molecular weight excluding hydrogens is 252 g/mol. The number of hydrogen-bond donors (Lipinski definition) is 1. The van der Waals surface area contributed by atoms with E-state index in [9.17, 15) is 9.90 Å². The minimum Gasteiger partial charge on any atom is -0.465 e. The third-order valence-electron chi connectivity index (χ3n) is 4.53. The number of cyclic esters (lactones) is 1. The topological polar surface area (TPSA) is 46.5 Å². The first-order chi connectivity index (χ1) is 9.73. The predicted octanol–water partition coefficient (Wildman–Crippen LogP) is 2.13. The van der Waals surface area contributed by atoms with Crippen molar-refractivity contribution in [3.05, 3.63) is 35.9 Å². The van der Waals surface area contributed by atoms with Crippen LogP contribution in [0.1, 0.15) is 31.2 Å². The van der Waals surface area contributed by atoms with E-state index >= 15 is 0 Å². The Hall–Kier alpha value is -1.79. The highest BCUT2D eigenvalue weighted by Crippen LogP contribution is 2.48. The Kier molecular flexibility index (Phi) is 3.50. The van der Waals surface area contributed by atoms with Gasteiger partial charge in [-0.3, -0.25) is 4.79 Å². The number of carbonyl (C=O) groups excluding carboxylic acids is 1. The number of esters is 1. The van der Waals surface area contributed by atoms with E-state index in [2.05, 4.69) is 11.8 Å². The summed E-state index contributed by atoms with van der Waals surface area (Å²) in [6.45, 7) is 0.433. The average Bonchev–Trinajstić information content (AvgIpc) is 2.84. The summed E-state index contributed by atoms with van der Waals surface area (Å²) in [4.78, 5) is 12.1. The molecule has 3 heteroatoms. The Morgan fingerprint density at radius 2 is 2.10 bits per heavy atom. The van der Waals surface area contributed by atoms with Crippen molar-refractivity contribution in [2.45, 2.75) is 31.8 Å². The highest BCUT2D eigenvalue weighted by Gasteiger charge is 2.57. The van der Waals surface area contributed by atoms with Crippen LogP contribution in [0.2, 0.25) is 0 Å². The zero-order valence-corrected chi connectivity index (χ0v) is 11.3. The monoisotopic (exact) mass is 270 g/mol. The van der Waals surface area contributed by atoms with Gasteiger partial charge in [-0.25, -0.2) is 0 Å². The van der Waals surface area contributed by atoms with Gasteiger partial charge in [-0.05, 0) is 25.0 Å². The standard InChI is InChI=1S/C17H18O3/c18-15(10-9-13-6-2-1-3-7-13)17-11-5-4-8-14(17)12-20-16(17)19/h1-3,6-7,14-15,18H,4-5,8,11-12H2/t14-,15-,17-/m1/s1. The van der Waals surface area contributed by atoms with Crippen LogP contribution in [0.25, 0.3) is 0 Å². The number of aliphatic hydroxyl groups excluding tert-OH is 1. The van der Waals surface area contributed by atoms with Gasteiger partial charge in [0.2, 0.25) is 0 Å². The number of hydrogen-bond acceptors (Lipinski definition) is 3. The molecule has 1 aliphatic carbocycles. The molecule has 1 aromatic carbocycles. The quantitative estimate of drug-likeness (QED) is 0.628. The zero-order valence-electron chi connectivity index (χ0n) is 11.3. The summed E-state index contributed by atoms with van der Waals surface area (Å²) in [5.74, 6) is 5.68. The highest BCUT2D eigenvalue weighted by atomic mass is 16.5. The van der Waals surface area contributed by atoms with Crippen molar-refractivity contribution in [2.24, 2.45) is 11.3 Å². The van der Waals surface area contributed by atoms with Gasteiger partial charge in [0.15, 0.2) is 0 Å². The molecule has 104 valence electrons. The lowest BCUT2D eigenvalue weighted by atomic mass is 9.64. The van der Waals surface area contributed by atoms with Gasteiger partial charge in [-0.1, -0.05) is 42.9 Å². The first-order valence-corrected chi connectivity index (χ1v) is 7.15. The summed E-state index contributed by atoms with van der Waals surface area (Å²) < 4.78 is 5.21. The number of carbonyl (C=O) groups is 1. The van der Waals surface area contributed by atoms with Gasteiger partial charge in [0.1, 0.15) is 11.5 Å². The fraction of sp³-hybridized carbons (Fsp3) is 0.471. The van der Waals surface area contributed by atoms with Gasteiger partial charge in [0.05, 0.1) is 6.61 Å². The number of aliphatic hydroxyl groups is 1. The molecule has 0 amide bonds. The molecule has 1 aromatic rings. The Labute approximate surface area is 119 Å². The van der Waals surface area contributed by atoms with Crippen LogP contribution >= 0.6 is 0 Å². The third kappa shape index (κ3) is 2.10. The van der Waals surface area contributed by atoms with Crippen molar-refractivity contribution < 1.29 is 14.6 Å². The van der Waals surface area contributed by atoms with Crippen molar-refractivity contribution in [1.82, 2.24) is 0 Å². The molecule has 1 N–H and O–H groups in total. The van der Waals surface area contributed by atoms with Crippen LogP contribution in [0.3, 0.4) is 0 Å². The maximum absolute atomic E-state index is 12.1. The maximum Gasteiger partial charge on any atom is 0.316 e. The van der Waals surface area contributed by atoms with Crippen LogP contribution in [-0.2, 0) is 9.53 Å². The molecule has 0 spiro atoms. The fourth-order valence-electron chi connectivity index (χ4n) is 3.35. The van der Waals surface area contributed by atoms with E-state index in [0.29, 0.717) is 13.0 Å². The van der Waals surface area contributed by atoms with E-state index in [1.165, 1.54) is 0 Å². The molecule has 1 heterocycles. The molecule has 3 rings (SSSR count). The lowest BCUT2D eigenvalue weighted by Crippen LogP contribution is -2.45. The number of ether oxygens (including phenoxy) is 1. The second-order valence-corrected chi connectivity index (χ2v) is 5.62. The maximum atomic E-state index is 12.1. The molecular formula is C17H18O3. The molecule has 1 saturated carbocycles. The molecule has 2 fully saturated rings. The van der Waals surface area contributed by atoms with E-state index < -0.39 is 11.5 Å². The summed E-state index contributed by atoms with van der Waals surface area (Å²) in [6, 6.07) is 9.51. The number of benzene rings is 1. The van der Waals surface area contributed by atoms with Crippen molar-refractivity contribution in [3.63, 3.8) is 0 Å². The van der Waals surface area contributed by atoms with Crippen LogP contribution in [0, 0.1) is 23.2 Å². The van der Waals surface area contributed by atoms with Crippen LogP contribution in [0.4, 0.5) is 0 Å². The van der Waals surface area contributed by atoms with Crippen LogP contribution < -0.4 is 0 Å². The molecule has 2 aliphatic rings. The van der Waals surface area contributed by atoms with Crippen molar-refractivity contribution >= 4 is 5.97 Å². The van der Waals surface area contributed by atoms with E-state index in [4.69, 9.17) is 4.74 Å². The van der Waals surface area contributed by atoms with Crippen molar-refractivity contribution in [2.75, 3.05) is 6.61 Å². The molecule has 0 unspecified atom stereocenters. The number of fused-ring (bicyclic) bond motifs is 1. The summed E-state index contributed by atoms with van der Waals surface area (Å²) in [7, 11) is 0. The minimum atomic E-state index is -0.942. The first-order valence-electron chi connectivity index (χ1n) is 7.15. The van der Waals surface area contributed by atoms with Crippen LogP contribution in [-0.4, -0.2) is 23.8 Å². The highest BCUT2D eigenvalue weighted by molar-refractivity contribution is 5.81. The van der Waals surface area contributed by atoms with Gasteiger partial charge >= 0.3 is 5.97 Å². The van der Waals surface area contributed by atoms with Gasteiger partial charge in [0, 0.05) is 11.5 Å². The summed E-state index contributed by atoms with van der Waals surface area (Å²) in [5.41, 5.74) is 0.0571. The SMILES string of the molecule is O=C1OC[C@H]2CCCC[C@@]12[C@H](O)C#Cc1ccccc1. The van der Waals surface area contributed by atoms with E-state index in [1.54, 1.807) is 0 Å². The first kappa shape index (κ1) is 13.2. The lowest BCUT2D eigenvalue weighted by molar-refractivity contribution is -0.152. The van der Waals surface area contributed by atoms with E-state index in [-0.39, 0.29) is 11.9 Å². The Morgan fingerprint density at radius 1 is 1.30 bits per heavy atom. The Morgan fingerprint density at radius 3 is 2.90 bits per heavy atom. The third-order valence-corrected chi connectivity index (χ3v) is 4.53. The Balaban J connectivity index is 1.87. The van der Waals surface area contributed by atoms with Crippen LogP contribution in [0.5, 0.6) is 0 Å². The van der Waals surface area contributed by atoms with Gasteiger partial charge in [0.25, 0.3) is 0 Å². The molecule has 0 bridgehead atoms. The normalized spacial score (nSPS) is 29.9. The molecule has 3 nitrogen and oxygen atoms in total. The van der Waals surface area contributed by atoms with Gasteiger partial charge in [-0.2, -0.15) is 0 Å². The summed E-state index contributed by atoms with van der Waals surface area (Å²) >= 11 is 0. The Bertz CT molecular complexity index is 555. The minimum absolute atomic E-state index is 0.115. The molecule has 0 aromatic heterocycles. The second kappa shape index (κ2) is 5.30.